The molecule has 4 heteroatoms. The molecule has 0 N–H and O–H groups in total. The second kappa shape index (κ2) is 12.7. The molecule has 2 rings (SSSR count). The molecule has 0 aromatic heterocycles. The molecule has 1 heterocycles. The summed E-state index contributed by atoms with van der Waals surface area (Å²) in [4.78, 5) is 34.1. The van der Waals surface area contributed by atoms with E-state index in [9.17, 15) is 9.59 Å². The standard InChI is InChI=1S/C35H58N2O2/c1-13-29(31(39)28-24-37(32(4,5)6)21-20-35(28,11)12)36-23-25(3)30(38)26-16-15-17-27(34(9,10)14-2)18-19-33(7,8)22-26/h13,23-24,26-27H,3,14-22H2,1-2,4-12H3. The summed E-state index contributed by atoms with van der Waals surface area (Å²) < 4.78 is 0. The van der Waals surface area contributed by atoms with Crippen LogP contribution in [0.4, 0.5) is 0 Å². The molecule has 1 saturated carbocycles. The first kappa shape index (κ1) is 33.2. The van der Waals surface area contributed by atoms with Crippen molar-refractivity contribution in [2.24, 2.45) is 33.1 Å². The van der Waals surface area contributed by atoms with E-state index in [0.717, 1.165) is 44.2 Å². The van der Waals surface area contributed by atoms with Gasteiger partial charge in [-0.3, -0.25) is 14.6 Å². The van der Waals surface area contributed by atoms with E-state index in [1.807, 2.05) is 13.1 Å². The highest BCUT2D eigenvalue weighted by atomic mass is 16.1. The van der Waals surface area contributed by atoms with Gasteiger partial charge in [-0.15, -0.1) is 0 Å². The van der Waals surface area contributed by atoms with Crippen LogP contribution in [0.1, 0.15) is 128 Å². The molecule has 0 spiro atoms. The van der Waals surface area contributed by atoms with Crippen molar-refractivity contribution in [2.75, 3.05) is 6.54 Å². The van der Waals surface area contributed by atoms with E-state index in [0.29, 0.717) is 22.6 Å². The third kappa shape index (κ3) is 8.76. The Labute approximate surface area is 240 Å². The molecule has 0 aromatic carbocycles. The Bertz CT molecular complexity index is 1000. The summed E-state index contributed by atoms with van der Waals surface area (Å²) in [6.07, 6.45) is 13.8. The molecular formula is C35H58N2O2. The summed E-state index contributed by atoms with van der Waals surface area (Å²) >= 11 is 0. The van der Waals surface area contributed by atoms with Gasteiger partial charge in [0.05, 0.1) is 0 Å². The average molecular weight is 539 g/mol. The predicted molar refractivity (Wildman–Crippen MR) is 167 cm³/mol. The number of allylic oxidation sites excluding steroid dienone is 3. The minimum atomic E-state index is -0.234. The zero-order valence-corrected chi connectivity index (χ0v) is 27.2. The Morgan fingerprint density at radius 3 is 2.28 bits per heavy atom. The highest BCUT2D eigenvalue weighted by Crippen LogP contribution is 2.44. The smallest absolute Gasteiger partial charge is 0.208 e. The van der Waals surface area contributed by atoms with E-state index >= 15 is 0 Å². The molecule has 1 fully saturated rings. The molecular weight excluding hydrogens is 480 g/mol. The zero-order valence-electron chi connectivity index (χ0n) is 27.2. The fourth-order valence-electron chi connectivity index (χ4n) is 6.19. The SMILES string of the molecule is C=C(C=NC(=CC)C(=O)C1=CN(C(C)(C)C)CCC1(C)C)C(=O)C1CCCC(C(C)(C)CC)CCC(C)(C)C1. The number of hydrogen-bond acceptors (Lipinski definition) is 4. The summed E-state index contributed by atoms with van der Waals surface area (Å²) in [5, 5.41) is 0. The van der Waals surface area contributed by atoms with Crippen LogP contribution in [0.25, 0.3) is 0 Å². The van der Waals surface area contributed by atoms with Crippen molar-refractivity contribution < 1.29 is 9.59 Å². The summed E-state index contributed by atoms with van der Waals surface area (Å²) in [6, 6.07) is 0. The van der Waals surface area contributed by atoms with E-state index in [1.165, 1.54) is 25.5 Å². The van der Waals surface area contributed by atoms with Crippen molar-refractivity contribution in [1.82, 2.24) is 4.90 Å². The molecule has 0 aromatic rings. The second-order valence-electron chi connectivity index (χ2n) is 15.3. The van der Waals surface area contributed by atoms with Crippen LogP contribution >= 0.6 is 0 Å². The van der Waals surface area contributed by atoms with Crippen LogP contribution < -0.4 is 0 Å². The van der Waals surface area contributed by atoms with Gasteiger partial charge < -0.3 is 4.90 Å². The maximum absolute atomic E-state index is 13.7. The molecule has 0 bridgehead atoms. The first-order valence-corrected chi connectivity index (χ1v) is 15.3. The maximum Gasteiger partial charge on any atom is 0.208 e. The van der Waals surface area contributed by atoms with E-state index in [4.69, 9.17) is 0 Å². The number of Topliss-reactive ketones (excluding diaryl/α,β-unsaturated/α-hetero) is 2. The number of nitrogens with zero attached hydrogens (tertiary/aromatic N) is 2. The van der Waals surface area contributed by atoms with Gasteiger partial charge in [-0.1, -0.05) is 74.0 Å². The fraction of sp³-hybridized carbons (Fsp3) is 0.743. The van der Waals surface area contributed by atoms with Crippen molar-refractivity contribution in [2.45, 2.75) is 133 Å². The van der Waals surface area contributed by atoms with Gasteiger partial charge in [0.25, 0.3) is 0 Å². The van der Waals surface area contributed by atoms with Gasteiger partial charge in [0.2, 0.25) is 5.78 Å². The molecule has 0 saturated heterocycles. The first-order chi connectivity index (χ1) is 17.8. The number of carbonyl (C=O) groups is 2. The Kier molecular flexibility index (Phi) is 10.8. The van der Waals surface area contributed by atoms with Crippen LogP contribution in [-0.2, 0) is 9.59 Å². The summed E-state index contributed by atoms with van der Waals surface area (Å²) in [5.74, 6) is 0.656. The summed E-state index contributed by atoms with van der Waals surface area (Å²) in [6.45, 7) is 29.3. The molecule has 0 radical (unpaired) electrons. The lowest BCUT2D eigenvalue weighted by atomic mass is 9.70. The molecule has 39 heavy (non-hydrogen) atoms. The number of carbonyl (C=O) groups excluding carboxylic acids is 2. The first-order valence-electron chi connectivity index (χ1n) is 15.3. The Hall–Kier alpha value is -1.97. The molecule has 4 nitrogen and oxygen atoms in total. The van der Waals surface area contributed by atoms with Crippen LogP contribution in [0.3, 0.4) is 0 Å². The Morgan fingerprint density at radius 1 is 1.08 bits per heavy atom. The largest absolute Gasteiger partial charge is 0.372 e. The molecule has 0 amide bonds. The molecule has 1 aliphatic carbocycles. The molecule has 220 valence electrons. The minimum Gasteiger partial charge on any atom is -0.372 e. The van der Waals surface area contributed by atoms with Crippen molar-refractivity contribution in [3.05, 3.63) is 35.7 Å². The monoisotopic (exact) mass is 538 g/mol. The number of aliphatic imine (C=N–C) groups is 1. The van der Waals surface area contributed by atoms with Gasteiger partial charge in [0.15, 0.2) is 5.78 Å². The van der Waals surface area contributed by atoms with Gasteiger partial charge >= 0.3 is 0 Å². The third-order valence-corrected chi connectivity index (χ3v) is 9.74. The van der Waals surface area contributed by atoms with Gasteiger partial charge in [-0.25, -0.2) is 0 Å². The van der Waals surface area contributed by atoms with E-state index in [1.54, 1.807) is 6.08 Å². The average Bonchev–Trinajstić information content (AvgIpc) is 2.91. The summed E-state index contributed by atoms with van der Waals surface area (Å²) in [7, 11) is 0. The van der Waals surface area contributed by atoms with Crippen molar-refractivity contribution in [3.8, 4) is 0 Å². The summed E-state index contributed by atoms with van der Waals surface area (Å²) in [5.41, 5.74) is 1.69. The number of rotatable bonds is 8. The topological polar surface area (TPSA) is 49.7 Å². The van der Waals surface area contributed by atoms with Gasteiger partial charge in [-0.2, -0.15) is 0 Å². The molecule has 2 unspecified atom stereocenters. The maximum atomic E-state index is 13.7. The van der Waals surface area contributed by atoms with E-state index < -0.39 is 0 Å². The van der Waals surface area contributed by atoms with Crippen LogP contribution in [0, 0.1) is 28.1 Å². The van der Waals surface area contributed by atoms with E-state index in [-0.39, 0.29) is 33.9 Å². The van der Waals surface area contributed by atoms with Crippen LogP contribution in [-0.4, -0.2) is 34.8 Å². The molecule has 2 aliphatic rings. The fourth-order valence-corrected chi connectivity index (χ4v) is 6.19. The second-order valence-corrected chi connectivity index (χ2v) is 15.3. The molecule has 2 atom stereocenters. The van der Waals surface area contributed by atoms with E-state index in [2.05, 4.69) is 85.7 Å². The van der Waals surface area contributed by atoms with Crippen molar-refractivity contribution >= 4 is 17.8 Å². The Morgan fingerprint density at radius 2 is 1.72 bits per heavy atom. The zero-order chi connectivity index (χ0) is 29.8. The van der Waals surface area contributed by atoms with Gasteiger partial charge in [0.1, 0.15) is 5.70 Å². The number of ketones is 2. The number of hydrogen-bond donors (Lipinski definition) is 0. The third-order valence-electron chi connectivity index (χ3n) is 9.74. The lowest BCUT2D eigenvalue weighted by Crippen LogP contribution is -2.44. The normalized spacial score (nSPS) is 24.9. The van der Waals surface area contributed by atoms with Crippen molar-refractivity contribution in [1.29, 1.82) is 0 Å². The molecule has 1 aliphatic heterocycles. The lowest BCUT2D eigenvalue weighted by molar-refractivity contribution is -0.120. The minimum absolute atomic E-state index is 0.0486. The van der Waals surface area contributed by atoms with Gasteiger partial charge in [-0.05, 0) is 88.4 Å². The van der Waals surface area contributed by atoms with Crippen LogP contribution in [0.2, 0.25) is 0 Å². The highest BCUT2D eigenvalue weighted by Gasteiger charge is 2.37. The van der Waals surface area contributed by atoms with Gasteiger partial charge in [0, 0.05) is 41.6 Å². The van der Waals surface area contributed by atoms with Crippen LogP contribution in [0.5, 0.6) is 0 Å². The lowest BCUT2D eigenvalue weighted by Gasteiger charge is -2.43. The highest BCUT2D eigenvalue weighted by molar-refractivity contribution is 6.15. The van der Waals surface area contributed by atoms with Crippen molar-refractivity contribution in [3.63, 3.8) is 0 Å². The quantitative estimate of drug-likeness (QED) is 0.229. The predicted octanol–water partition coefficient (Wildman–Crippen LogP) is 9.12. The Balaban J connectivity index is 2.20. The van der Waals surface area contributed by atoms with Crippen LogP contribution in [0.15, 0.2) is 40.7 Å².